The summed E-state index contributed by atoms with van der Waals surface area (Å²) in [6, 6.07) is 8.81. The van der Waals surface area contributed by atoms with Gasteiger partial charge in [0.05, 0.1) is 12.7 Å². The van der Waals surface area contributed by atoms with Crippen molar-refractivity contribution in [2.24, 2.45) is 0 Å². The molecule has 0 spiro atoms. The van der Waals surface area contributed by atoms with E-state index < -0.39 is 0 Å². The summed E-state index contributed by atoms with van der Waals surface area (Å²) in [5.41, 5.74) is 1.85. The number of aromatic nitrogens is 3. The van der Waals surface area contributed by atoms with Crippen molar-refractivity contribution in [1.29, 1.82) is 0 Å². The van der Waals surface area contributed by atoms with E-state index in [-0.39, 0.29) is 11.9 Å². The fourth-order valence-electron chi connectivity index (χ4n) is 2.12. The molecule has 0 aliphatic heterocycles. The SMILES string of the molecule is COC(=O)c1cccc(Cc2cnc(NC(=O)c3ccn[nH]3)s2)c1. The van der Waals surface area contributed by atoms with Gasteiger partial charge in [-0.2, -0.15) is 5.10 Å². The number of nitrogens with one attached hydrogen (secondary N) is 2. The first kappa shape index (κ1) is 15.9. The number of aromatic amines is 1. The zero-order valence-corrected chi connectivity index (χ0v) is 13.6. The van der Waals surface area contributed by atoms with Gasteiger partial charge in [0.2, 0.25) is 0 Å². The van der Waals surface area contributed by atoms with Crippen molar-refractivity contribution in [2.75, 3.05) is 12.4 Å². The van der Waals surface area contributed by atoms with E-state index in [9.17, 15) is 9.59 Å². The number of H-pyrrole nitrogens is 1. The van der Waals surface area contributed by atoms with Gasteiger partial charge in [-0.05, 0) is 23.8 Å². The van der Waals surface area contributed by atoms with Crippen molar-refractivity contribution in [3.8, 4) is 0 Å². The number of esters is 1. The van der Waals surface area contributed by atoms with E-state index in [1.165, 1.54) is 24.6 Å². The number of carbonyl (C=O) groups excluding carboxylic acids is 2. The Labute approximate surface area is 141 Å². The number of thiazole rings is 1. The molecule has 3 aromatic rings. The number of hydrogen-bond acceptors (Lipinski definition) is 6. The molecule has 3 rings (SSSR count). The summed E-state index contributed by atoms with van der Waals surface area (Å²) in [4.78, 5) is 28.7. The number of benzene rings is 1. The lowest BCUT2D eigenvalue weighted by Gasteiger charge is -2.02. The molecule has 0 radical (unpaired) electrons. The van der Waals surface area contributed by atoms with Gasteiger partial charge in [0.15, 0.2) is 5.13 Å². The molecule has 0 aliphatic rings. The molecule has 1 aromatic carbocycles. The van der Waals surface area contributed by atoms with Crippen LogP contribution in [0.4, 0.5) is 5.13 Å². The highest BCUT2D eigenvalue weighted by Gasteiger charge is 2.11. The molecule has 2 N–H and O–H groups in total. The quantitative estimate of drug-likeness (QED) is 0.694. The first-order valence-electron chi connectivity index (χ1n) is 7.08. The van der Waals surface area contributed by atoms with Crippen LogP contribution in [0.3, 0.4) is 0 Å². The molecule has 8 heteroatoms. The number of methoxy groups -OCH3 is 1. The third-order valence-electron chi connectivity index (χ3n) is 3.25. The van der Waals surface area contributed by atoms with E-state index in [2.05, 4.69) is 20.5 Å². The minimum atomic E-state index is -0.367. The average molecular weight is 342 g/mol. The monoisotopic (exact) mass is 342 g/mol. The van der Waals surface area contributed by atoms with Gasteiger partial charge >= 0.3 is 5.97 Å². The maximum absolute atomic E-state index is 11.9. The van der Waals surface area contributed by atoms with Crippen LogP contribution >= 0.6 is 11.3 Å². The molecule has 0 aliphatic carbocycles. The Morgan fingerprint density at radius 3 is 2.96 bits per heavy atom. The summed E-state index contributed by atoms with van der Waals surface area (Å²) < 4.78 is 4.72. The van der Waals surface area contributed by atoms with Crippen LogP contribution < -0.4 is 5.32 Å². The summed E-state index contributed by atoms with van der Waals surface area (Å²) in [5, 5.41) is 9.55. The highest BCUT2D eigenvalue weighted by molar-refractivity contribution is 7.15. The highest BCUT2D eigenvalue weighted by Crippen LogP contribution is 2.22. The Kier molecular flexibility index (Phi) is 4.66. The van der Waals surface area contributed by atoms with E-state index in [1.807, 2.05) is 12.1 Å². The number of rotatable bonds is 5. The summed E-state index contributed by atoms with van der Waals surface area (Å²) in [6.45, 7) is 0. The van der Waals surface area contributed by atoms with Crippen LogP contribution in [-0.2, 0) is 11.2 Å². The molecule has 122 valence electrons. The molecule has 24 heavy (non-hydrogen) atoms. The lowest BCUT2D eigenvalue weighted by atomic mass is 10.1. The van der Waals surface area contributed by atoms with Crippen LogP contribution in [0.2, 0.25) is 0 Å². The van der Waals surface area contributed by atoms with Crippen molar-refractivity contribution >= 4 is 28.3 Å². The van der Waals surface area contributed by atoms with Crippen molar-refractivity contribution in [2.45, 2.75) is 6.42 Å². The average Bonchev–Trinajstić information content (AvgIpc) is 3.26. The van der Waals surface area contributed by atoms with Gasteiger partial charge < -0.3 is 4.74 Å². The number of nitrogens with zero attached hydrogens (tertiary/aromatic N) is 2. The molecular formula is C16H14N4O3S. The van der Waals surface area contributed by atoms with E-state index in [4.69, 9.17) is 4.74 Å². The van der Waals surface area contributed by atoms with Gasteiger partial charge in [0.25, 0.3) is 5.91 Å². The molecule has 0 saturated heterocycles. The van der Waals surface area contributed by atoms with Gasteiger partial charge in [-0.1, -0.05) is 12.1 Å². The van der Waals surface area contributed by atoms with Crippen molar-refractivity contribution in [1.82, 2.24) is 15.2 Å². The molecule has 1 amide bonds. The highest BCUT2D eigenvalue weighted by atomic mass is 32.1. The molecule has 0 unspecified atom stereocenters. The zero-order valence-electron chi connectivity index (χ0n) is 12.8. The Bertz CT molecular complexity index is 858. The summed E-state index contributed by atoms with van der Waals surface area (Å²) in [7, 11) is 1.35. The molecule has 2 aromatic heterocycles. The number of carbonyl (C=O) groups is 2. The molecule has 0 fully saturated rings. The van der Waals surface area contributed by atoms with Gasteiger partial charge in [-0.3, -0.25) is 15.2 Å². The minimum absolute atomic E-state index is 0.291. The summed E-state index contributed by atoms with van der Waals surface area (Å²) >= 11 is 1.38. The Morgan fingerprint density at radius 1 is 1.33 bits per heavy atom. The van der Waals surface area contributed by atoms with Crippen molar-refractivity contribution in [3.63, 3.8) is 0 Å². The summed E-state index contributed by atoms with van der Waals surface area (Å²) in [5.74, 6) is -0.658. The lowest BCUT2D eigenvalue weighted by Crippen LogP contribution is -2.11. The molecule has 0 bridgehead atoms. The van der Waals surface area contributed by atoms with Gasteiger partial charge in [0, 0.05) is 23.7 Å². The van der Waals surface area contributed by atoms with Crippen LogP contribution in [0.25, 0.3) is 0 Å². The van der Waals surface area contributed by atoms with Gasteiger partial charge in [-0.15, -0.1) is 11.3 Å². The van der Waals surface area contributed by atoms with Crippen LogP contribution in [0.5, 0.6) is 0 Å². The normalized spacial score (nSPS) is 10.4. The number of anilines is 1. The van der Waals surface area contributed by atoms with Gasteiger partial charge in [-0.25, -0.2) is 9.78 Å². The zero-order chi connectivity index (χ0) is 16.9. The third-order valence-corrected chi connectivity index (χ3v) is 4.16. The first-order valence-corrected chi connectivity index (χ1v) is 7.90. The second kappa shape index (κ2) is 7.05. The molecular weight excluding hydrogens is 328 g/mol. The maximum Gasteiger partial charge on any atom is 0.337 e. The molecule has 2 heterocycles. The first-order chi connectivity index (χ1) is 11.7. The number of ether oxygens (including phenoxy) is 1. The van der Waals surface area contributed by atoms with Crippen molar-refractivity contribution in [3.05, 3.63) is 64.4 Å². The van der Waals surface area contributed by atoms with Crippen molar-refractivity contribution < 1.29 is 14.3 Å². The van der Waals surface area contributed by atoms with Crippen LogP contribution in [0.1, 0.15) is 31.3 Å². The Hall–Kier alpha value is -3.00. The standard InChI is InChI=1S/C16H14N4O3S/c1-23-15(22)11-4-2-3-10(7-11)8-12-9-17-16(24-12)19-14(21)13-5-6-18-20-13/h2-7,9H,8H2,1H3,(H,18,20)(H,17,19,21). The summed E-state index contributed by atoms with van der Waals surface area (Å²) in [6.07, 6.45) is 3.83. The largest absolute Gasteiger partial charge is 0.465 e. The van der Waals surface area contributed by atoms with Crippen LogP contribution in [-0.4, -0.2) is 34.2 Å². The topological polar surface area (TPSA) is 97.0 Å². The molecule has 0 saturated carbocycles. The van der Waals surface area contributed by atoms with E-state index in [1.54, 1.807) is 24.4 Å². The predicted octanol–water partition coefficient (Wildman–Crippen LogP) is 2.50. The Morgan fingerprint density at radius 2 is 2.21 bits per heavy atom. The van der Waals surface area contributed by atoms with E-state index in [0.29, 0.717) is 22.8 Å². The molecule has 7 nitrogen and oxygen atoms in total. The fourth-order valence-corrected chi connectivity index (χ4v) is 2.96. The maximum atomic E-state index is 11.9. The van der Waals surface area contributed by atoms with E-state index in [0.717, 1.165) is 10.4 Å². The van der Waals surface area contributed by atoms with E-state index >= 15 is 0 Å². The lowest BCUT2D eigenvalue weighted by molar-refractivity contribution is 0.0600. The second-order valence-corrected chi connectivity index (χ2v) is 6.04. The number of amides is 1. The smallest absolute Gasteiger partial charge is 0.337 e. The second-order valence-electron chi connectivity index (χ2n) is 4.92. The number of hydrogen-bond donors (Lipinski definition) is 2. The Balaban J connectivity index is 1.68. The minimum Gasteiger partial charge on any atom is -0.465 e. The third kappa shape index (κ3) is 3.66. The van der Waals surface area contributed by atoms with Gasteiger partial charge in [0.1, 0.15) is 5.69 Å². The van der Waals surface area contributed by atoms with Crippen LogP contribution in [0, 0.1) is 0 Å². The fraction of sp³-hybridized carbons (Fsp3) is 0.125. The predicted molar refractivity (Wildman–Crippen MR) is 89.2 cm³/mol. The molecule has 0 atom stereocenters. The van der Waals surface area contributed by atoms with Crippen LogP contribution in [0.15, 0.2) is 42.7 Å².